The molecule has 0 aliphatic heterocycles. The molecule has 0 aliphatic carbocycles. The van der Waals surface area contributed by atoms with Crippen LogP contribution in [0.15, 0.2) is 47.4 Å². The van der Waals surface area contributed by atoms with E-state index in [4.69, 9.17) is 10.5 Å². The molecule has 2 rings (SSSR count). The van der Waals surface area contributed by atoms with E-state index in [-0.39, 0.29) is 0 Å². The standard InChI is InChI=1S/C15H10N2S/c1-18-15-8-13(6-7-14(15)10-17)12-4-2-11(9-16)3-5-12/h2-8H,1H3. The number of rotatable bonds is 2. The Labute approximate surface area is 110 Å². The zero-order valence-electron chi connectivity index (χ0n) is 9.84. The van der Waals surface area contributed by atoms with Crippen LogP contribution in [0, 0.1) is 22.7 Å². The van der Waals surface area contributed by atoms with Crippen LogP contribution in [0.4, 0.5) is 0 Å². The van der Waals surface area contributed by atoms with E-state index < -0.39 is 0 Å². The highest BCUT2D eigenvalue weighted by atomic mass is 32.2. The van der Waals surface area contributed by atoms with Crippen LogP contribution in [-0.4, -0.2) is 6.26 Å². The van der Waals surface area contributed by atoms with E-state index in [0.29, 0.717) is 11.1 Å². The van der Waals surface area contributed by atoms with Gasteiger partial charge in [0.15, 0.2) is 0 Å². The highest BCUT2D eigenvalue weighted by molar-refractivity contribution is 7.98. The predicted octanol–water partition coefficient (Wildman–Crippen LogP) is 3.82. The first-order chi connectivity index (χ1) is 8.78. The molecule has 18 heavy (non-hydrogen) atoms. The minimum atomic E-state index is 0.650. The summed E-state index contributed by atoms with van der Waals surface area (Å²) < 4.78 is 0. The van der Waals surface area contributed by atoms with E-state index in [0.717, 1.165) is 16.0 Å². The number of thioether (sulfide) groups is 1. The van der Waals surface area contributed by atoms with Gasteiger partial charge in [-0.2, -0.15) is 10.5 Å². The van der Waals surface area contributed by atoms with Gasteiger partial charge in [0.05, 0.1) is 17.2 Å². The van der Waals surface area contributed by atoms with E-state index in [1.807, 2.05) is 36.6 Å². The van der Waals surface area contributed by atoms with Crippen molar-refractivity contribution in [2.45, 2.75) is 4.90 Å². The average Bonchev–Trinajstić information content (AvgIpc) is 2.46. The maximum atomic E-state index is 8.98. The van der Waals surface area contributed by atoms with Crippen LogP contribution in [0.25, 0.3) is 11.1 Å². The fourth-order valence-electron chi connectivity index (χ4n) is 1.70. The number of hydrogen-bond donors (Lipinski definition) is 0. The van der Waals surface area contributed by atoms with Gasteiger partial charge in [-0.1, -0.05) is 18.2 Å². The van der Waals surface area contributed by atoms with Gasteiger partial charge < -0.3 is 0 Å². The van der Waals surface area contributed by atoms with Crippen LogP contribution in [0.3, 0.4) is 0 Å². The Morgan fingerprint density at radius 1 is 0.889 bits per heavy atom. The molecule has 0 radical (unpaired) electrons. The molecule has 0 unspecified atom stereocenters. The molecule has 0 atom stereocenters. The lowest BCUT2D eigenvalue weighted by atomic mass is 10.0. The zero-order chi connectivity index (χ0) is 13.0. The third-order valence-electron chi connectivity index (χ3n) is 2.67. The minimum absolute atomic E-state index is 0.650. The normalized spacial score (nSPS) is 9.50. The van der Waals surface area contributed by atoms with E-state index in [1.54, 1.807) is 23.9 Å². The molecule has 2 aromatic carbocycles. The molecule has 0 fully saturated rings. The first-order valence-corrected chi connectivity index (χ1v) is 6.59. The summed E-state index contributed by atoms with van der Waals surface area (Å²) in [5.74, 6) is 0. The van der Waals surface area contributed by atoms with Crippen molar-refractivity contribution >= 4 is 11.8 Å². The van der Waals surface area contributed by atoms with Gasteiger partial charge in [0, 0.05) is 4.90 Å². The Morgan fingerprint density at radius 3 is 2.11 bits per heavy atom. The molecule has 0 amide bonds. The maximum Gasteiger partial charge on any atom is 0.100 e. The Bertz CT molecular complexity index is 646. The summed E-state index contributed by atoms with van der Waals surface area (Å²) in [6.07, 6.45) is 1.96. The van der Waals surface area contributed by atoms with Crippen LogP contribution in [0.1, 0.15) is 11.1 Å². The van der Waals surface area contributed by atoms with Crippen molar-refractivity contribution < 1.29 is 0 Å². The fraction of sp³-hybridized carbons (Fsp3) is 0.0667. The summed E-state index contributed by atoms with van der Waals surface area (Å²) >= 11 is 1.56. The van der Waals surface area contributed by atoms with Gasteiger partial charge in [0.2, 0.25) is 0 Å². The molecular weight excluding hydrogens is 240 g/mol. The first kappa shape index (κ1) is 12.2. The van der Waals surface area contributed by atoms with E-state index in [2.05, 4.69) is 12.1 Å². The Hall–Kier alpha value is -2.23. The van der Waals surface area contributed by atoms with Crippen molar-refractivity contribution in [3.63, 3.8) is 0 Å². The molecule has 0 N–H and O–H groups in total. The van der Waals surface area contributed by atoms with Crippen molar-refractivity contribution in [1.82, 2.24) is 0 Å². The molecule has 0 saturated carbocycles. The molecule has 3 heteroatoms. The Balaban J connectivity index is 2.45. The van der Waals surface area contributed by atoms with Crippen LogP contribution >= 0.6 is 11.8 Å². The van der Waals surface area contributed by atoms with Gasteiger partial charge in [0.25, 0.3) is 0 Å². The molecule has 0 aromatic heterocycles. The van der Waals surface area contributed by atoms with E-state index in [1.165, 1.54) is 0 Å². The monoisotopic (exact) mass is 250 g/mol. The third kappa shape index (κ3) is 2.37. The minimum Gasteiger partial charge on any atom is -0.192 e. The maximum absolute atomic E-state index is 8.98. The molecule has 0 heterocycles. The molecule has 2 nitrogen and oxygen atoms in total. The first-order valence-electron chi connectivity index (χ1n) is 5.37. The third-order valence-corrected chi connectivity index (χ3v) is 3.45. The predicted molar refractivity (Wildman–Crippen MR) is 73.1 cm³/mol. The van der Waals surface area contributed by atoms with Gasteiger partial charge in [-0.15, -0.1) is 11.8 Å². The summed E-state index contributed by atoms with van der Waals surface area (Å²) in [4.78, 5) is 0.972. The molecular formula is C15H10N2S. The number of nitrogens with zero attached hydrogens (tertiary/aromatic N) is 2. The highest BCUT2D eigenvalue weighted by Crippen LogP contribution is 2.27. The average molecular weight is 250 g/mol. The molecule has 0 saturated heterocycles. The largest absolute Gasteiger partial charge is 0.192 e. The highest BCUT2D eigenvalue weighted by Gasteiger charge is 2.04. The lowest BCUT2D eigenvalue weighted by Gasteiger charge is -2.05. The number of hydrogen-bond acceptors (Lipinski definition) is 3. The van der Waals surface area contributed by atoms with Crippen molar-refractivity contribution in [2.75, 3.05) is 6.26 Å². The second-order valence-electron chi connectivity index (χ2n) is 3.72. The topological polar surface area (TPSA) is 47.6 Å². The van der Waals surface area contributed by atoms with Gasteiger partial charge in [-0.05, 0) is 41.6 Å². The van der Waals surface area contributed by atoms with Gasteiger partial charge >= 0.3 is 0 Å². The smallest absolute Gasteiger partial charge is 0.100 e. The van der Waals surface area contributed by atoms with Crippen LogP contribution in [0.2, 0.25) is 0 Å². The fourth-order valence-corrected chi connectivity index (χ4v) is 2.28. The van der Waals surface area contributed by atoms with Gasteiger partial charge in [-0.25, -0.2) is 0 Å². The zero-order valence-corrected chi connectivity index (χ0v) is 10.7. The van der Waals surface area contributed by atoms with E-state index in [9.17, 15) is 0 Å². The Morgan fingerprint density at radius 2 is 1.56 bits per heavy atom. The van der Waals surface area contributed by atoms with Gasteiger partial charge in [-0.3, -0.25) is 0 Å². The van der Waals surface area contributed by atoms with Crippen molar-refractivity contribution in [2.24, 2.45) is 0 Å². The van der Waals surface area contributed by atoms with E-state index >= 15 is 0 Å². The quantitative estimate of drug-likeness (QED) is 0.761. The summed E-state index contributed by atoms with van der Waals surface area (Å²) in [5.41, 5.74) is 3.45. The SMILES string of the molecule is CSc1cc(-c2ccc(C#N)cc2)ccc1C#N. The summed E-state index contributed by atoms with van der Waals surface area (Å²) in [5, 5.41) is 17.7. The summed E-state index contributed by atoms with van der Waals surface area (Å²) in [6.45, 7) is 0. The van der Waals surface area contributed by atoms with Crippen molar-refractivity contribution in [3.05, 3.63) is 53.6 Å². The molecule has 0 aliphatic rings. The van der Waals surface area contributed by atoms with Crippen molar-refractivity contribution in [3.8, 4) is 23.3 Å². The number of benzene rings is 2. The van der Waals surface area contributed by atoms with Crippen molar-refractivity contribution in [1.29, 1.82) is 10.5 Å². The second-order valence-corrected chi connectivity index (χ2v) is 4.56. The molecule has 2 aromatic rings. The molecule has 0 bridgehead atoms. The van der Waals surface area contributed by atoms with Crippen LogP contribution in [-0.2, 0) is 0 Å². The van der Waals surface area contributed by atoms with Crippen LogP contribution in [0.5, 0.6) is 0 Å². The summed E-state index contributed by atoms with van der Waals surface area (Å²) in [7, 11) is 0. The number of nitriles is 2. The van der Waals surface area contributed by atoms with Crippen LogP contribution < -0.4 is 0 Å². The van der Waals surface area contributed by atoms with Gasteiger partial charge in [0.1, 0.15) is 6.07 Å². The molecule has 0 spiro atoms. The summed E-state index contributed by atoms with van der Waals surface area (Å²) in [6, 6.07) is 17.5. The molecule has 86 valence electrons. The lowest BCUT2D eigenvalue weighted by Crippen LogP contribution is -1.84. The second kappa shape index (κ2) is 5.40. The lowest BCUT2D eigenvalue weighted by molar-refractivity contribution is 1.37. The Kier molecular flexibility index (Phi) is 3.67.